The number of nitrogens with one attached hydrogen (secondary N) is 1. The van der Waals surface area contributed by atoms with E-state index in [4.69, 9.17) is 10.5 Å². The molecule has 1 spiro atoms. The summed E-state index contributed by atoms with van der Waals surface area (Å²) in [7, 11) is 0. The average molecular weight is 341 g/mol. The van der Waals surface area contributed by atoms with Gasteiger partial charge in [0.2, 0.25) is 11.8 Å². The Balaban J connectivity index is 1.80. The molecular formula is C17H31N3O4. The van der Waals surface area contributed by atoms with E-state index < -0.39 is 6.04 Å². The number of likely N-dealkylation sites (tertiary alicyclic amines) is 1. The first-order chi connectivity index (χ1) is 11.3. The molecule has 2 amide bonds. The first kappa shape index (κ1) is 19.1. The van der Waals surface area contributed by atoms with Crippen LogP contribution in [0.2, 0.25) is 0 Å². The zero-order valence-corrected chi connectivity index (χ0v) is 15.0. The molecule has 2 fully saturated rings. The van der Waals surface area contributed by atoms with E-state index in [1.165, 1.54) is 0 Å². The Bertz CT molecular complexity index is 459. The Kier molecular flexibility index (Phi) is 6.22. The van der Waals surface area contributed by atoms with Gasteiger partial charge in [0.05, 0.1) is 24.8 Å². The van der Waals surface area contributed by atoms with Crippen molar-refractivity contribution in [2.24, 2.45) is 17.1 Å². The minimum Gasteiger partial charge on any atom is -0.392 e. The number of aliphatic hydroxyl groups excluding tert-OH is 1. The van der Waals surface area contributed by atoms with Crippen molar-refractivity contribution in [1.29, 1.82) is 0 Å². The molecule has 138 valence electrons. The number of aliphatic hydroxyl groups is 1. The summed E-state index contributed by atoms with van der Waals surface area (Å²) in [5, 5.41) is 12.8. The molecule has 7 nitrogen and oxygen atoms in total. The second-order valence-corrected chi connectivity index (χ2v) is 7.30. The van der Waals surface area contributed by atoms with Gasteiger partial charge in [-0.15, -0.1) is 0 Å². The van der Waals surface area contributed by atoms with Crippen molar-refractivity contribution >= 4 is 11.8 Å². The summed E-state index contributed by atoms with van der Waals surface area (Å²) >= 11 is 0. The minimum absolute atomic E-state index is 0.0241. The van der Waals surface area contributed by atoms with Crippen LogP contribution in [0.1, 0.15) is 40.0 Å². The molecule has 2 rings (SSSR count). The van der Waals surface area contributed by atoms with Gasteiger partial charge in [-0.1, -0.05) is 13.8 Å². The van der Waals surface area contributed by atoms with Crippen molar-refractivity contribution in [3.63, 3.8) is 0 Å². The monoisotopic (exact) mass is 341 g/mol. The maximum atomic E-state index is 12.3. The van der Waals surface area contributed by atoms with Crippen LogP contribution in [0.5, 0.6) is 0 Å². The Morgan fingerprint density at radius 1 is 1.38 bits per heavy atom. The summed E-state index contributed by atoms with van der Waals surface area (Å²) in [6.45, 7) is 7.50. The fourth-order valence-electron chi connectivity index (χ4n) is 3.68. The number of amides is 2. The van der Waals surface area contributed by atoms with Gasteiger partial charge < -0.3 is 25.8 Å². The van der Waals surface area contributed by atoms with E-state index in [-0.39, 0.29) is 41.9 Å². The van der Waals surface area contributed by atoms with Crippen LogP contribution in [-0.4, -0.2) is 66.3 Å². The quantitative estimate of drug-likeness (QED) is 0.624. The highest BCUT2D eigenvalue weighted by Gasteiger charge is 2.56. The maximum Gasteiger partial charge on any atom is 0.241 e. The van der Waals surface area contributed by atoms with Crippen molar-refractivity contribution in [3.8, 4) is 0 Å². The van der Waals surface area contributed by atoms with E-state index in [0.29, 0.717) is 26.1 Å². The van der Waals surface area contributed by atoms with Crippen LogP contribution < -0.4 is 11.1 Å². The summed E-state index contributed by atoms with van der Waals surface area (Å²) < 4.78 is 5.73. The Labute approximate surface area is 143 Å². The summed E-state index contributed by atoms with van der Waals surface area (Å²) in [5.41, 5.74) is 5.57. The number of nitrogens with zero attached hydrogens (tertiary/aromatic N) is 1. The molecule has 0 aromatic carbocycles. The first-order valence-electron chi connectivity index (χ1n) is 8.92. The molecule has 7 heteroatoms. The van der Waals surface area contributed by atoms with E-state index in [1.54, 1.807) is 4.90 Å². The fourth-order valence-corrected chi connectivity index (χ4v) is 3.68. The van der Waals surface area contributed by atoms with E-state index in [2.05, 4.69) is 5.32 Å². The zero-order chi connectivity index (χ0) is 17.9. The SMILES string of the molecule is CCOC1CC(O)C12CCN(C(=O)CNC(=O)[C@@H](N)C(C)C)CC2. The van der Waals surface area contributed by atoms with Gasteiger partial charge in [0, 0.05) is 31.5 Å². The third kappa shape index (κ3) is 3.73. The third-order valence-corrected chi connectivity index (χ3v) is 5.59. The smallest absolute Gasteiger partial charge is 0.241 e. The lowest BCUT2D eigenvalue weighted by Crippen LogP contribution is -2.63. The van der Waals surface area contributed by atoms with Gasteiger partial charge in [0.1, 0.15) is 0 Å². The molecule has 2 unspecified atom stereocenters. The largest absolute Gasteiger partial charge is 0.392 e. The minimum atomic E-state index is -0.598. The van der Waals surface area contributed by atoms with Crippen LogP contribution in [0.3, 0.4) is 0 Å². The normalized spacial score (nSPS) is 27.0. The summed E-state index contributed by atoms with van der Waals surface area (Å²) in [4.78, 5) is 25.9. The molecule has 0 radical (unpaired) electrons. The Morgan fingerprint density at radius 2 is 2.00 bits per heavy atom. The van der Waals surface area contributed by atoms with Gasteiger partial charge in [0.15, 0.2) is 0 Å². The molecule has 0 aromatic rings. The summed E-state index contributed by atoms with van der Waals surface area (Å²) in [6, 6.07) is -0.598. The molecule has 1 aliphatic heterocycles. The molecule has 1 saturated carbocycles. The van der Waals surface area contributed by atoms with Crippen LogP contribution in [-0.2, 0) is 14.3 Å². The lowest BCUT2D eigenvalue weighted by atomic mass is 9.58. The molecule has 3 atom stereocenters. The summed E-state index contributed by atoms with van der Waals surface area (Å²) in [5.74, 6) is -0.362. The van der Waals surface area contributed by atoms with Crippen LogP contribution in [0.25, 0.3) is 0 Å². The number of nitrogens with two attached hydrogens (primary N) is 1. The van der Waals surface area contributed by atoms with Gasteiger partial charge in [0.25, 0.3) is 0 Å². The van der Waals surface area contributed by atoms with E-state index in [0.717, 1.165) is 12.8 Å². The van der Waals surface area contributed by atoms with Gasteiger partial charge >= 0.3 is 0 Å². The second kappa shape index (κ2) is 7.80. The van der Waals surface area contributed by atoms with Gasteiger partial charge in [-0.3, -0.25) is 9.59 Å². The molecule has 1 saturated heterocycles. The molecule has 0 aromatic heterocycles. The highest BCUT2D eigenvalue weighted by atomic mass is 16.5. The van der Waals surface area contributed by atoms with Crippen molar-refractivity contribution in [2.45, 2.75) is 58.3 Å². The molecule has 4 N–H and O–H groups in total. The molecular weight excluding hydrogens is 310 g/mol. The first-order valence-corrected chi connectivity index (χ1v) is 8.92. The van der Waals surface area contributed by atoms with Crippen molar-refractivity contribution in [3.05, 3.63) is 0 Å². The zero-order valence-electron chi connectivity index (χ0n) is 15.0. The van der Waals surface area contributed by atoms with Gasteiger partial charge in [-0.25, -0.2) is 0 Å². The molecule has 24 heavy (non-hydrogen) atoms. The van der Waals surface area contributed by atoms with E-state index in [9.17, 15) is 14.7 Å². The highest BCUT2D eigenvalue weighted by molar-refractivity contribution is 5.87. The number of ether oxygens (including phenoxy) is 1. The number of piperidine rings is 1. The number of rotatable bonds is 6. The third-order valence-electron chi connectivity index (χ3n) is 5.59. The highest BCUT2D eigenvalue weighted by Crippen LogP contribution is 2.50. The predicted molar refractivity (Wildman–Crippen MR) is 90.1 cm³/mol. The van der Waals surface area contributed by atoms with E-state index in [1.807, 2.05) is 20.8 Å². The topological polar surface area (TPSA) is 105 Å². The van der Waals surface area contributed by atoms with Crippen LogP contribution in [0.15, 0.2) is 0 Å². The van der Waals surface area contributed by atoms with Gasteiger partial charge in [-0.2, -0.15) is 0 Å². The van der Waals surface area contributed by atoms with Crippen LogP contribution >= 0.6 is 0 Å². The standard InChI is InChI=1S/C17H31N3O4/c1-4-24-13-9-12(21)17(13)5-7-20(8-6-17)14(22)10-19-16(23)15(18)11(2)3/h11-13,15,21H,4-10,18H2,1-3H3,(H,19,23)/t12?,13?,15-/m0/s1. The molecule has 1 heterocycles. The number of carbonyl (C=O) groups is 2. The number of hydrogen-bond acceptors (Lipinski definition) is 5. The number of hydrogen-bond donors (Lipinski definition) is 3. The Morgan fingerprint density at radius 3 is 2.50 bits per heavy atom. The fraction of sp³-hybridized carbons (Fsp3) is 0.882. The number of carbonyl (C=O) groups excluding carboxylic acids is 2. The van der Waals surface area contributed by atoms with Crippen molar-refractivity contribution in [2.75, 3.05) is 26.2 Å². The average Bonchev–Trinajstić information content (AvgIpc) is 2.58. The molecule has 0 bridgehead atoms. The second-order valence-electron chi connectivity index (χ2n) is 7.30. The Hall–Kier alpha value is -1.18. The molecule has 1 aliphatic carbocycles. The van der Waals surface area contributed by atoms with Crippen molar-refractivity contribution in [1.82, 2.24) is 10.2 Å². The summed E-state index contributed by atoms with van der Waals surface area (Å²) in [6.07, 6.45) is 1.92. The van der Waals surface area contributed by atoms with Gasteiger partial charge in [-0.05, 0) is 25.7 Å². The van der Waals surface area contributed by atoms with Crippen LogP contribution in [0, 0.1) is 11.3 Å². The lowest BCUT2D eigenvalue weighted by molar-refractivity contribution is -0.209. The van der Waals surface area contributed by atoms with Crippen molar-refractivity contribution < 1.29 is 19.4 Å². The lowest BCUT2D eigenvalue weighted by Gasteiger charge is -2.56. The maximum absolute atomic E-state index is 12.3. The molecule has 2 aliphatic rings. The predicted octanol–water partition coefficient (Wildman–Crippen LogP) is -0.136. The van der Waals surface area contributed by atoms with E-state index >= 15 is 0 Å². The van der Waals surface area contributed by atoms with Crippen LogP contribution in [0.4, 0.5) is 0 Å².